The zero-order chi connectivity index (χ0) is 12.1. The van der Waals surface area contributed by atoms with Gasteiger partial charge in [0, 0.05) is 17.2 Å². The highest BCUT2D eigenvalue weighted by atomic mass is 16.1. The van der Waals surface area contributed by atoms with Crippen molar-refractivity contribution in [3.63, 3.8) is 0 Å². The van der Waals surface area contributed by atoms with Crippen molar-refractivity contribution in [1.82, 2.24) is 0 Å². The SMILES string of the molecule is CCc1ccc[n+](CC(=O)c2ccccc2)c1. The minimum absolute atomic E-state index is 0.142. The fourth-order valence-corrected chi connectivity index (χ4v) is 1.76. The molecule has 0 amide bonds. The summed E-state index contributed by atoms with van der Waals surface area (Å²) in [6.07, 6.45) is 4.95. The van der Waals surface area contributed by atoms with Crippen molar-refractivity contribution in [2.75, 3.05) is 0 Å². The van der Waals surface area contributed by atoms with Crippen LogP contribution in [0.25, 0.3) is 0 Å². The fraction of sp³-hybridized carbons (Fsp3) is 0.200. The van der Waals surface area contributed by atoms with Crippen LogP contribution in [-0.2, 0) is 13.0 Å². The zero-order valence-electron chi connectivity index (χ0n) is 9.97. The molecule has 0 fully saturated rings. The van der Waals surface area contributed by atoms with E-state index in [1.54, 1.807) is 0 Å². The van der Waals surface area contributed by atoms with Gasteiger partial charge in [-0.3, -0.25) is 4.79 Å². The highest BCUT2D eigenvalue weighted by molar-refractivity contribution is 5.94. The minimum Gasteiger partial charge on any atom is -0.287 e. The molecule has 2 rings (SSSR count). The second kappa shape index (κ2) is 5.39. The number of pyridine rings is 1. The van der Waals surface area contributed by atoms with Crippen LogP contribution in [0.2, 0.25) is 0 Å². The lowest BCUT2D eigenvalue weighted by Crippen LogP contribution is -2.37. The van der Waals surface area contributed by atoms with Gasteiger partial charge in [0.15, 0.2) is 12.4 Å². The Balaban J connectivity index is 2.13. The molecule has 0 unspecified atom stereocenters. The van der Waals surface area contributed by atoms with E-state index in [4.69, 9.17) is 0 Å². The molecule has 2 nitrogen and oxygen atoms in total. The summed E-state index contributed by atoms with van der Waals surface area (Å²) in [6.45, 7) is 2.51. The minimum atomic E-state index is 0.142. The molecule has 0 spiro atoms. The third kappa shape index (κ3) is 3.00. The smallest absolute Gasteiger partial charge is 0.227 e. The number of nitrogens with zero attached hydrogens (tertiary/aromatic N) is 1. The third-order valence-corrected chi connectivity index (χ3v) is 2.75. The maximum atomic E-state index is 12.0. The summed E-state index contributed by atoms with van der Waals surface area (Å²) in [4.78, 5) is 12.0. The number of aryl methyl sites for hydroxylation is 1. The molecule has 1 aromatic heterocycles. The molecular formula is C15H16NO+. The van der Waals surface area contributed by atoms with Crippen LogP contribution in [0.1, 0.15) is 22.8 Å². The van der Waals surface area contributed by atoms with Crippen LogP contribution >= 0.6 is 0 Å². The average Bonchev–Trinajstić information content (AvgIpc) is 2.40. The Bertz CT molecular complexity index is 505. The first kappa shape index (κ1) is 11.5. The van der Waals surface area contributed by atoms with Gasteiger partial charge in [-0.1, -0.05) is 37.3 Å². The van der Waals surface area contributed by atoms with E-state index in [1.807, 2.05) is 53.4 Å². The number of hydrogen-bond donors (Lipinski definition) is 0. The molecule has 2 aromatic rings. The van der Waals surface area contributed by atoms with Gasteiger partial charge in [-0.2, -0.15) is 4.57 Å². The molecule has 17 heavy (non-hydrogen) atoms. The second-order valence-electron chi connectivity index (χ2n) is 4.03. The maximum Gasteiger partial charge on any atom is 0.227 e. The summed E-state index contributed by atoms with van der Waals surface area (Å²) >= 11 is 0. The number of ketones is 1. The van der Waals surface area contributed by atoms with Gasteiger partial charge in [0.25, 0.3) is 0 Å². The van der Waals surface area contributed by atoms with E-state index in [-0.39, 0.29) is 5.78 Å². The van der Waals surface area contributed by atoms with Gasteiger partial charge in [-0.15, -0.1) is 0 Å². The quantitative estimate of drug-likeness (QED) is 0.579. The molecule has 0 aliphatic carbocycles. The van der Waals surface area contributed by atoms with Crippen LogP contribution in [0.4, 0.5) is 0 Å². The van der Waals surface area contributed by atoms with Crippen molar-refractivity contribution in [2.24, 2.45) is 0 Å². The van der Waals surface area contributed by atoms with E-state index in [2.05, 4.69) is 13.0 Å². The average molecular weight is 226 g/mol. The predicted octanol–water partition coefficient (Wildman–Crippen LogP) is 2.42. The largest absolute Gasteiger partial charge is 0.287 e. The van der Waals surface area contributed by atoms with Gasteiger partial charge in [0.05, 0.1) is 0 Å². The standard InChI is InChI=1S/C15H16NO/c1-2-13-7-6-10-16(11-13)12-15(17)14-8-4-3-5-9-14/h3-11H,2,12H2,1H3/q+1. The van der Waals surface area contributed by atoms with Crippen molar-refractivity contribution in [2.45, 2.75) is 19.9 Å². The van der Waals surface area contributed by atoms with Gasteiger partial charge in [-0.25, -0.2) is 0 Å². The number of carbonyl (C=O) groups excluding carboxylic acids is 1. The summed E-state index contributed by atoms with van der Waals surface area (Å²) in [6, 6.07) is 13.5. The molecule has 0 aliphatic rings. The lowest BCUT2D eigenvalue weighted by atomic mass is 10.1. The summed E-state index contributed by atoms with van der Waals surface area (Å²) in [5.41, 5.74) is 2.01. The lowest BCUT2D eigenvalue weighted by Gasteiger charge is -1.99. The van der Waals surface area contributed by atoms with Gasteiger partial charge < -0.3 is 0 Å². The van der Waals surface area contributed by atoms with Crippen LogP contribution in [0.15, 0.2) is 54.9 Å². The molecule has 0 atom stereocenters. The van der Waals surface area contributed by atoms with Crippen molar-refractivity contribution >= 4 is 5.78 Å². The van der Waals surface area contributed by atoms with E-state index < -0.39 is 0 Å². The van der Waals surface area contributed by atoms with E-state index in [9.17, 15) is 4.79 Å². The van der Waals surface area contributed by atoms with Crippen molar-refractivity contribution in [1.29, 1.82) is 0 Å². The molecule has 0 bridgehead atoms. The van der Waals surface area contributed by atoms with Crippen LogP contribution < -0.4 is 4.57 Å². The molecular weight excluding hydrogens is 210 g/mol. The Morgan fingerprint density at radius 2 is 1.88 bits per heavy atom. The first-order chi connectivity index (χ1) is 8.29. The predicted molar refractivity (Wildman–Crippen MR) is 66.8 cm³/mol. The van der Waals surface area contributed by atoms with Gasteiger partial charge in [0.2, 0.25) is 12.3 Å². The Labute approximate surface area is 102 Å². The number of rotatable bonds is 4. The summed E-state index contributed by atoms with van der Waals surface area (Å²) in [5.74, 6) is 0.142. The summed E-state index contributed by atoms with van der Waals surface area (Å²) in [5, 5.41) is 0. The topological polar surface area (TPSA) is 20.9 Å². The highest BCUT2D eigenvalue weighted by Gasteiger charge is 2.11. The van der Waals surface area contributed by atoms with Gasteiger partial charge in [-0.05, 0) is 12.5 Å². The highest BCUT2D eigenvalue weighted by Crippen LogP contribution is 2.00. The van der Waals surface area contributed by atoms with E-state index in [0.29, 0.717) is 6.54 Å². The fourth-order valence-electron chi connectivity index (χ4n) is 1.76. The van der Waals surface area contributed by atoms with E-state index >= 15 is 0 Å². The Morgan fingerprint density at radius 1 is 1.12 bits per heavy atom. The lowest BCUT2D eigenvalue weighted by molar-refractivity contribution is -0.683. The maximum absolute atomic E-state index is 12.0. The molecule has 1 aromatic carbocycles. The van der Waals surface area contributed by atoms with Gasteiger partial charge >= 0.3 is 0 Å². The van der Waals surface area contributed by atoms with Crippen LogP contribution in [-0.4, -0.2) is 5.78 Å². The van der Waals surface area contributed by atoms with Crippen LogP contribution in [0.3, 0.4) is 0 Å². The molecule has 0 N–H and O–H groups in total. The zero-order valence-corrected chi connectivity index (χ0v) is 9.97. The number of aromatic nitrogens is 1. The van der Waals surface area contributed by atoms with Crippen molar-refractivity contribution in [3.05, 3.63) is 66.0 Å². The summed E-state index contributed by atoms with van der Waals surface area (Å²) < 4.78 is 1.94. The Morgan fingerprint density at radius 3 is 2.59 bits per heavy atom. The Kier molecular flexibility index (Phi) is 3.66. The number of carbonyl (C=O) groups is 1. The third-order valence-electron chi connectivity index (χ3n) is 2.75. The normalized spacial score (nSPS) is 10.2. The molecule has 0 radical (unpaired) electrons. The van der Waals surface area contributed by atoms with Crippen molar-refractivity contribution < 1.29 is 9.36 Å². The van der Waals surface area contributed by atoms with Gasteiger partial charge in [0.1, 0.15) is 0 Å². The molecule has 0 saturated carbocycles. The molecule has 1 heterocycles. The summed E-state index contributed by atoms with van der Waals surface area (Å²) in [7, 11) is 0. The van der Waals surface area contributed by atoms with Crippen LogP contribution in [0, 0.1) is 0 Å². The molecule has 86 valence electrons. The van der Waals surface area contributed by atoms with Crippen molar-refractivity contribution in [3.8, 4) is 0 Å². The van der Waals surface area contributed by atoms with Crippen LogP contribution in [0.5, 0.6) is 0 Å². The monoisotopic (exact) mass is 226 g/mol. The van der Waals surface area contributed by atoms with E-state index in [1.165, 1.54) is 5.56 Å². The number of Topliss-reactive ketones (excluding diaryl/α,β-unsaturated/α-hetero) is 1. The van der Waals surface area contributed by atoms with E-state index in [0.717, 1.165) is 12.0 Å². The Hall–Kier alpha value is -1.96. The number of benzene rings is 1. The molecule has 2 heteroatoms. The number of hydrogen-bond acceptors (Lipinski definition) is 1. The second-order valence-corrected chi connectivity index (χ2v) is 4.03. The first-order valence-electron chi connectivity index (χ1n) is 5.86. The first-order valence-corrected chi connectivity index (χ1v) is 5.86. The molecule has 0 saturated heterocycles. The molecule has 0 aliphatic heterocycles.